The molecule has 1 aromatic heterocycles. The lowest BCUT2D eigenvalue weighted by molar-refractivity contribution is -0.188. The van der Waals surface area contributed by atoms with Crippen LogP contribution in [0, 0.1) is 17.3 Å². The van der Waals surface area contributed by atoms with E-state index in [9.17, 15) is 4.79 Å². The molecule has 154 valence electrons. The van der Waals surface area contributed by atoms with E-state index in [1.54, 1.807) is 6.20 Å². The number of amides is 1. The van der Waals surface area contributed by atoms with Crippen LogP contribution in [0.3, 0.4) is 0 Å². The number of methoxy groups -OCH3 is 1. The summed E-state index contributed by atoms with van der Waals surface area (Å²) in [6.07, 6.45) is 12.5. The summed E-state index contributed by atoms with van der Waals surface area (Å²) in [4.78, 5) is 18.6. The molecule has 3 atom stereocenters. The molecule has 4 fully saturated rings. The molecular weight excluding hydrogens is 374 g/mol. The fourth-order valence-electron chi connectivity index (χ4n) is 6.78. The Hall–Kier alpha value is -1.17. The van der Waals surface area contributed by atoms with Crippen LogP contribution in [-0.2, 0) is 10.3 Å². The van der Waals surface area contributed by atoms with Crippen molar-refractivity contribution in [1.82, 2.24) is 9.88 Å². The second-order valence-electron chi connectivity index (χ2n) is 9.49. The molecule has 0 aromatic carbocycles. The molecule has 1 aromatic rings. The molecule has 2 bridgehead atoms. The predicted molar refractivity (Wildman–Crippen MR) is 110 cm³/mol. The normalized spacial score (nSPS) is 34.2. The van der Waals surface area contributed by atoms with Crippen LogP contribution in [0.15, 0.2) is 18.3 Å². The first kappa shape index (κ1) is 20.1. The standard InChI is InChI=1S/C22H31N3O2.ClH/c1-27-22(15-6-9-24-19(10-15)20(23)26)16-4-2-5-17(22)14-25(13-16)18-11-21(12-18)7-3-8-21;/h6,9-10,16-18H,2-5,7-8,11-14H2,1H3,(H2,23,26);1H/t16-,17+,22+;. The summed E-state index contributed by atoms with van der Waals surface area (Å²) in [5.74, 6) is 0.470. The van der Waals surface area contributed by atoms with Crippen molar-refractivity contribution in [1.29, 1.82) is 0 Å². The molecule has 6 heteroatoms. The number of aromatic nitrogens is 1. The summed E-state index contributed by atoms with van der Waals surface area (Å²) in [7, 11) is 1.85. The highest BCUT2D eigenvalue weighted by Gasteiger charge is 2.57. The van der Waals surface area contributed by atoms with Crippen molar-refractivity contribution in [3.8, 4) is 0 Å². The van der Waals surface area contributed by atoms with Gasteiger partial charge in [0.05, 0.1) is 0 Å². The Balaban J connectivity index is 0.00000192. The maximum atomic E-state index is 11.7. The number of primary amides is 1. The van der Waals surface area contributed by atoms with Crippen LogP contribution in [0.5, 0.6) is 0 Å². The van der Waals surface area contributed by atoms with E-state index in [2.05, 4.69) is 9.88 Å². The van der Waals surface area contributed by atoms with Gasteiger partial charge in [-0.15, -0.1) is 12.4 Å². The number of nitrogens with two attached hydrogens (primary N) is 1. The second kappa shape index (κ2) is 7.26. The number of halogens is 1. The molecule has 5 nitrogen and oxygen atoms in total. The maximum Gasteiger partial charge on any atom is 0.267 e. The Kier molecular flexibility index (Phi) is 5.22. The fraction of sp³-hybridized carbons (Fsp3) is 0.727. The van der Waals surface area contributed by atoms with Crippen molar-refractivity contribution < 1.29 is 9.53 Å². The topological polar surface area (TPSA) is 68.5 Å². The maximum absolute atomic E-state index is 11.7. The summed E-state index contributed by atoms with van der Waals surface area (Å²) in [5.41, 5.74) is 7.34. The first-order chi connectivity index (χ1) is 13.1. The van der Waals surface area contributed by atoms with Gasteiger partial charge in [0.25, 0.3) is 5.91 Å². The van der Waals surface area contributed by atoms with Crippen LogP contribution in [0.2, 0.25) is 0 Å². The zero-order valence-corrected chi connectivity index (χ0v) is 17.5. The van der Waals surface area contributed by atoms with Crippen molar-refractivity contribution in [2.45, 2.75) is 63.0 Å². The number of carbonyl (C=O) groups excluding carboxylic acids is 1. The summed E-state index contributed by atoms with van der Waals surface area (Å²) in [6, 6.07) is 4.69. The quantitative estimate of drug-likeness (QED) is 0.832. The SMILES string of the molecule is CO[C@@]1(c2ccnc(C(N)=O)c2)[C@@H]2CCC[C@H]1CN(C1CC3(CCC3)C1)C2.Cl. The molecule has 28 heavy (non-hydrogen) atoms. The number of hydrogen-bond acceptors (Lipinski definition) is 4. The number of nitrogens with zero attached hydrogens (tertiary/aromatic N) is 2. The minimum absolute atomic E-state index is 0. The molecule has 2 heterocycles. The Morgan fingerprint density at radius 1 is 1.21 bits per heavy atom. The number of fused-ring (bicyclic) bond motifs is 2. The Labute approximate surface area is 173 Å². The Bertz CT molecular complexity index is 729. The van der Waals surface area contributed by atoms with E-state index in [4.69, 9.17) is 10.5 Å². The highest BCUT2D eigenvalue weighted by molar-refractivity contribution is 5.90. The third kappa shape index (κ3) is 2.89. The number of likely N-dealkylation sites (tertiary alicyclic amines) is 1. The van der Waals surface area contributed by atoms with Gasteiger partial charge in [0.2, 0.25) is 0 Å². The van der Waals surface area contributed by atoms with Crippen LogP contribution >= 0.6 is 12.4 Å². The van der Waals surface area contributed by atoms with Crippen molar-refractivity contribution >= 4 is 18.3 Å². The molecular formula is C22H32ClN3O2. The third-order valence-corrected chi connectivity index (χ3v) is 8.30. The van der Waals surface area contributed by atoms with E-state index >= 15 is 0 Å². The zero-order valence-electron chi connectivity index (χ0n) is 16.7. The summed E-state index contributed by atoms with van der Waals surface area (Å²) in [5, 5.41) is 0. The predicted octanol–water partition coefficient (Wildman–Crippen LogP) is 3.51. The monoisotopic (exact) mass is 405 g/mol. The smallest absolute Gasteiger partial charge is 0.267 e. The van der Waals surface area contributed by atoms with Gasteiger partial charge in [0.15, 0.2) is 0 Å². The Morgan fingerprint density at radius 3 is 2.43 bits per heavy atom. The average molecular weight is 406 g/mol. The van der Waals surface area contributed by atoms with Gasteiger partial charge in [-0.3, -0.25) is 14.7 Å². The number of rotatable bonds is 4. The van der Waals surface area contributed by atoms with E-state index < -0.39 is 5.91 Å². The lowest BCUT2D eigenvalue weighted by Gasteiger charge is -2.62. The second-order valence-corrected chi connectivity index (χ2v) is 9.49. The molecule has 1 spiro atoms. The van der Waals surface area contributed by atoms with Gasteiger partial charge >= 0.3 is 0 Å². The van der Waals surface area contributed by atoms with Gasteiger partial charge in [-0.05, 0) is 61.6 Å². The summed E-state index contributed by atoms with van der Waals surface area (Å²) < 4.78 is 6.31. The van der Waals surface area contributed by atoms with Crippen LogP contribution in [0.25, 0.3) is 0 Å². The molecule has 3 aliphatic carbocycles. The number of ether oxygens (including phenoxy) is 1. The molecule has 1 amide bonds. The van der Waals surface area contributed by atoms with Crippen molar-refractivity contribution in [3.05, 3.63) is 29.6 Å². The highest BCUT2D eigenvalue weighted by Crippen LogP contribution is 2.59. The number of piperidine rings is 1. The van der Waals surface area contributed by atoms with Crippen molar-refractivity contribution in [2.24, 2.45) is 23.0 Å². The lowest BCUT2D eigenvalue weighted by atomic mass is 9.53. The van der Waals surface area contributed by atoms with Gasteiger partial charge in [-0.25, -0.2) is 0 Å². The van der Waals surface area contributed by atoms with Gasteiger partial charge in [0, 0.05) is 44.3 Å². The van der Waals surface area contributed by atoms with Crippen LogP contribution in [0.1, 0.15) is 67.4 Å². The molecule has 3 saturated carbocycles. The summed E-state index contributed by atoms with van der Waals surface area (Å²) in [6.45, 7) is 2.22. The first-order valence-electron chi connectivity index (χ1n) is 10.6. The third-order valence-electron chi connectivity index (χ3n) is 8.30. The highest BCUT2D eigenvalue weighted by atomic mass is 35.5. The molecule has 5 rings (SSSR count). The number of pyridine rings is 1. The van der Waals surface area contributed by atoms with Crippen LogP contribution < -0.4 is 5.73 Å². The fourth-order valence-corrected chi connectivity index (χ4v) is 6.78. The van der Waals surface area contributed by atoms with Gasteiger partial charge in [-0.2, -0.15) is 0 Å². The molecule has 0 radical (unpaired) electrons. The minimum atomic E-state index is -0.467. The first-order valence-corrected chi connectivity index (χ1v) is 10.6. The number of carbonyl (C=O) groups is 1. The minimum Gasteiger partial charge on any atom is -0.373 e. The molecule has 2 N–H and O–H groups in total. The van der Waals surface area contributed by atoms with Gasteiger partial charge in [-0.1, -0.05) is 12.8 Å². The van der Waals surface area contributed by atoms with E-state index in [-0.39, 0.29) is 18.0 Å². The zero-order chi connectivity index (χ0) is 18.6. The van der Waals surface area contributed by atoms with Gasteiger partial charge < -0.3 is 10.5 Å². The van der Waals surface area contributed by atoms with Crippen LogP contribution in [0.4, 0.5) is 0 Å². The molecule has 1 aliphatic heterocycles. The van der Waals surface area contributed by atoms with Crippen molar-refractivity contribution in [3.63, 3.8) is 0 Å². The Morgan fingerprint density at radius 2 is 1.89 bits per heavy atom. The van der Waals surface area contributed by atoms with E-state index in [1.165, 1.54) is 51.4 Å². The van der Waals surface area contributed by atoms with Crippen LogP contribution in [-0.4, -0.2) is 42.0 Å². The molecule has 1 saturated heterocycles. The number of hydrogen-bond donors (Lipinski definition) is 1. The van der Waals surface area contributed by atoms with E-state index in [1.807, 2.05) is 19.2 Å². The van der Waals surface area contributed by atoms with E-state index in [0.717, 1.165) is 30.1 Å². The average Bonchev–Trinajstić information content (AvgIpc) is 2.58. The van der Waals surface area contributed by atoms with Gasteiger partial charge in [0.1, 0.15) is 11.3 Å². The molecule has 4 aliphatic rings. The lowest BCUT2D eigenvalue weighted by Crippen LogP contribution is -2.64. The molecule has 0 unspecified atom stereocenters. The van der Waals surface area contributed by atoms with E-state index in [0.29, 0.717) is 17.5 Å². The van der Waals surface area contributed by atoms with Crippen molar-refractivity contribution in [2.75, 3.05) is 20.2 Å². The largest absolute Gasteiger partial charge is 0.373 e. The summed E-state index contributed by atoms with van der Waals surface area (Å²) >= 11 is 0.